The minimum Gasteiger partial charge on any atom is -0.373 e. The molecule has 4 N–H and O–H groups in total. The van der Waals surface area contributed by atoms with Crippen LogP contribution >= 0.6 is 0 Å². The maximum absolute atomic E-state index is 8.49. The molecule has 0 unspecified atom stereocenters. The molecule has 1 heterocycles. The largest absolute Gasteiger partial charge is 3.00 e. The zero-order valence-corrected chi connectivity index (χ0v) is 16.0. The van der Waals surface area contributed by atoms with E-state index in [-0.39, 0.29) is 17.1 Å². The van der Waals surface area contributed by atoms with Crippen molar-refractivity contribution < 1.29 is 45.9 Å². The van der Waals surface area contributed by atoms with Gasteiger partial charge in [0, 0.05) is 26.2 Å². The normalized spacial score (nSPS) is 15.8. The first-order chi connectivity index (χ1) is 11.8. The molecule has 1 rings (SSSR count). The second kappa shape index (κ2) is 28.9. The summed E-state index contributed by atoms with van der Waals surface area (Å²) in [6, 6.07) is 0. The van der Waals surface area contributed by atoms with Gasteiger partial charge in [-0.1, -0.05) is 0 Å². The SMILES string of the molecule is C1CNCCNCCCNCCNC1.[Fe+3].[N-]=[N+]=[N-].[N-]=[N+]=[N-].[O-][Cl+3]([O-])([O-])[O-]. The zero-order chi connectivity index (χ0) is 19.8. The van der Waals surface area contributed by atoms with Crippen molar-refractivity contribution in [1.82, 2.24) is 21.3 Å². The molecule has 0 bridgehead atoms. The van der Waals surface area contributed by atoms with Crippen LogP contribution < -0.4 is 39.9 Å². The summed E-state index contributed by atoms with van der Waals surface area (Å²) in [5.74, 6) is 0. The van der Waals surface area contributed by atoms with Crippen LogP contribution in [0.15, 0.2) is 0 Å². The number of nitrogens with one attached hydrogen (secondary N) is 4. The Morgan fingerprint density at radius 3 is 0.846 bits per heavy atom. The van der Waals surface area contributed by atoms with Gasteiger partial charge in [0.1, 0.15) is 0 Å². The summed E-state index contributed by atoms with van der Waals surface area (Å²) >= 11 is 0. The minimum atomic E-state index is -4.94. The van der Waals surface area contributed by atoms with Gasteiger partial charge in [-0.25, -0.2) is 18.6 Å². The van der Waals surface area contributed by atoms with E-state index in [1.54, 1.807) is 0 Å². The van der Waals surface area contributed by atoms with Gasteiger partial charge < -0.3 is 43.4 Å². The number of rotatable bonds is 0. The second-order valence-electron chi connectivity index (χ2n) is 4.26. The van der Waals surface area contributed by atoms with Crippen molar-refractivity contribution in [3.63, 3.8) is 0 Å². The summed E-state index contributed by atoms with van der Waals surface area (Å²) in [4.78, 5) is 3.00. The molecule has 0 saturated carbocycles. The van der Waals surface area contributed by atoms with Gasteiger partial charge in [-0.05, 0) is 39.0 Å². The van der Waals surface area contributed by atoms with E-state index in [2.05, 4.69) is 21.3 Å². The predicted octanol–water partition coefficient (Wildman–Crippen LogP) is -3.89. The van der Waals surface area contributed by atoms with Crippen molar-refractivity contribution in [1.29, 1.82) is 0 Å². The molecule has 1 aliphatic heterocycles. The van der Waals surface area contributed by atoms with Crippen LogP contribution in [0, 0.1) is 10.2 Å². The van der Waals surface area contributed by atoms with Crippen molar-refractivity contribution in [2.24, 2.45) is 0 Å². The number of hydrogen-bond acceptors (Lipinski definition) is 8. The first-order valence-electron chi connectivity index (χ1n) is 7.25. The molecule has 14 nitrogen and oxygen atoms in total. The molecule has 0 aromatic heterocycles. The van der Waals surface area contributed by atoms with Gasteiger partial charge in [0.2, 0.25) is 0 Å². The van der Waals surface area contributed by atoms with Crippen LogP contribution in [0.5, 0.6) is 0 Å². The number of nitrogens with zero attached hydrogens (tertiary/aromatic N) is 6. The maximum atomic E-state index is 8.49. The van der Waals surface area contributed by atoms with E-state index in [4.69, 9.17) is 40.8 Å². The average molecular weight is 440 g/mol. The Labute approximate surface area is 164 Å². The zero-order valence-electron chi connectivity index (χ0n) is 14.1. The first-order valence-corrected chi connectivity index (χ1v) is 8.48. The molecule has 1 radical (unpaired) electrons. The van der Waals surface area contributed by atoms with Crippen LogP contribution in [-0.4, -0.2) is 52.4 Å². The smallest absolute Gasteiger partial charge is 0.373 e. The standard InChI is InChI=1S/C10H24N4.ClHO4.Fe.2N3/c1-3-11-7-9-13-5-2-6-14-10-8-12-4-1;2-1(3,4)5;;2*1-3-2/h11-14H,1-10H2;(H,2,3,4,5);;;/q;;+3;2*-1/p-1. The van der Waals surface area contributed by atoms with Crippen LogP contribution in [0.4, 0.5) is 0 Å². The third-order valence-electron chi connectivity index (χ3n) is 2.37. The monoisotopic (exact) mass is 439 g/mol. The molecular formula is C10H24ClFeN10O4. The Kier molecular flexibility index (Phi) is 36.4. The van der Waals surface area contributed by atoms with Crippen LogP contribution in [0.2, 0.25) is 0 Å². The summed E-state index contributed by atoms with van der Waals surface area (Å²) < 4.78 is 34.0. The van der Waals surface area contributed by atoms with Gasteiger partial charge >= 0.3 is 17.1 Å². The summed E-state index contributed by atoms with van der Waals surface area (Å²) in [5.41, 5.74) is 27.0. The summed E-state index contributed by atoms with van der Waals surface area (Å²) in [5, 5.41) is 13.7. The van der Waals surface area contributed by atoms with Gasteiger partial charge in [0.15, 0.2) is 0 Å². The van der Waals surface area contributed by atoms with Crippen molar-refractivity contribution in [3.8, 4) is 0 Å². The molecule has 153 valence electrons. The summed E-state index contributed by atoms with van der Waals surface area (Å²) in [6.45, 7) is 8.87. The first kappa shape index (κ1) is 32.8. The quantitative estimate of drug-likeness (QED) is 0.125. The molecule has 0 aromatic rings. The molecular weight excluding hydrogens is 415 g/mol. The Morgan fingerprint density at radius 1 is 0.538 bits per heavy atom. The molecule has 0 aromatic carbocycles. The Hall–Kier alpha value is -0.891. The van der Waals surface area contributed by atoms with Gasteiger partial charge in [-0.2, -0.15) is 0 Å². The number of hydrogen-bond donors (Lipinski definition) is 4. The van der Waals surface area contributed by atoms with E-state index in [0.29, 0.717) is 0 Å². The van der Waals surface area contributed by atoms with E-state index in [1.165, 1.54) is 22.7 Å². The average Bonchev–Trinajstić information content (AvgIpc) is 2.50. The fraction of sp³-hybridized carbons (Fsp3) is 1.00. The summed E-state index contributed by atoms with van der Waals surface area (Å²) in [7, 11) is -4.94. The van der Waals surface area contributed by atoms with Crippen LogP contribution in [0.25, 0.3) is 31.9 Å². The third-order valence-corrected chi connectivity index (χ3v) is 2.37. The van der Waals surface area contributed by atoms with Crippen LogP contribution in [0.3, 0.4) is 0 Å². The molecule has 0 spiro atoms. The van der Waals surface area contributed by atoms with Crippen molar-refractivity contribution in [2.45, 2.75) is 12.8 Å². The van der Waals surface area contributed by atoms with E-state index in [1.807, 2.05) is 0 Å². The van der Waals surface area contributed by atoms with Gasteiger partial charge in [0.25, 0.3) is 0 Å². The predicted molar refractivity (Wildman–Crippen MR) is 80.9 cm³/mol. The van der Waals surface area contributed by atoms with Gasteiger partial charge in [0.05, 0.1) is 0 Å². The Morgan fingerprint density at radius 2 is 0.692 bits per heavy atom. The molecule has 1 aliphatic rings. The van der Waals surface area contributed by atoms with E-state index in [9.17, 15) is 0 Å². The van der Waals surface area contributed by atoms with Crippen LogP contribution in [-0.2, 0) is 17.1 Å². The van der Waals surface area contributed by atoms with Crippen molar-refractivity contribution in [3.05, 3.63) is 31.9 Å². The van der Waals surface area contributed by atoms with E-state index < -0.39 is 10.2 Å². The van der Waals surface area contributed by atoms with E-state index >= 15 is 0 Å². The Balaban J connectivity index is -0.000000168. The second-order valence-corrected chi connectivity index (χ2v) is 5.02. The molecule has 0 amide bonds. The summed E-state index contributed by atoms with van der Waals surface area (Å²) in [6.07, 6.45) is 2.44. The fourth-order valence-corrected chi connectivity index (χ4v) is 1.53. The topological polar surface area (TPSA) is 258 Å². The van der Waals surface area contributed by atoms with Crippen molar-refractivity contribution >= 4 is 0 Å². The van der Waals surface area contributed by atoms with E-state index in [0.717, 1.165) is 52.4 Å². The third kappa shape index (κ3) is 65.7. The van der Waals surface area contributed by atoms with Crippen molar-refractivity contribution in [2.75, 3.05) is 52.4 Å². The van der Waals surface area contributed by atoms with Gasteiger partial charge in [-0.3, -0.25) is 9.82 Å². The molecule has 0 aliphatic carbocycles. The van der Waals surface area contributed by atoms with Crippen LogP contribution in [0.1, 0.15) is 12.8 Å². The molecule has 1 saturated heterocycles. The minimum absolute atomic E-state index is 0. The maximum Gasteiger partial charge on any atom is 3.00 e. The molecule has 0 atom stereocenters. The molecule has 26 heavy (non-hydrogen) atoms. The molecule has 16 heteroatoms. The molecule has 1 fully saturated rings. The number of halogens is 1. The Bertz CT molecular complexity index is 267. The fourth-order valence-electron chi connectivity index (χ4n) is 1.53. The van der Waals surface area contributed by atoms with Gasteiger partial charge in [-0.15, -0.1) is 10.2 Å².